The molecule has 0 aliphatic heterocycles. The van der Waals surface area contributed by atoms with Crippen molar-refractivity contribution in [2.75, 3.05) is 19.4 Å². The topological polar surface area (TPSA) is 35.5 Å². The summed E-state index contributed by atoms with van der Waals surface area (Å²) in [5.74, 6) is 0. The maximum Gasteiger partial charge on any atom is 0.330 e. The third kappa shape index (κ3) is 13.8. The van der Waals surface area contributed by atoms with E-state index in [0.717, 1.165) is 38.5 Å². The summed E-state index contributed by atoms with van der Waals surface area (Å²) in [5.41, 5.74) is 0. The Morgan fingerprint density at radius 3 is 1.55 bits per heavy atom. The molecule has 0 spiro atoms. The van der Waals surface area contributed by atoms with E-state index in [4.69, 9.17) is 9.05 Å². The Labute approximate surface area is 139 Å². The van der Waals surface area contributed by atoms with Crippen molar-refractivity contribution in [3.05, 3.63) is 0 Å². The number of hydrogen-bond acceptors (Lipinski definition) is 3. The Bertz CT molecular complexity index is 269. The summed E-state index contributed by atoms with van der Waals surface area (Å²) >= 11 is 0. The van der Waals surface area contributed by atoms with Gasteiger partial charge in [-0.1, -0.05) is 78.6 Å². The van der Waals surface area contributed by atoms with Crippen LogP contribution in [0.1, 0.15) is 97.8 Å². The van der Waals surface area contributed by atoms with Crippen LogP contribution in [0.25, 0.3) is 0 Å². The van der Waals surface area contributed by atoms with Gasteiger partial charge in [0.25, 0.3) is 0 Å². The Hall–Kier alpha value is 0.150. The van der Waals surface area contributed by atoms with E-state index in [-0.39, 0.29) is 0 Å². The van der Waals surface area contributed by atoms with Gasteiger partial charge < -0.3 is 9.05 Å². The second-order valence-corrected chi connectivity index (χ2v) is 8.37. The van der Waals surface area contributed by atoms with Gasteiger partial charge in [0.1, 0.15) is 0 Å². The summed E-state index contributed by atoms with van der Waals surface area (Å²) in [6.07, 6.45) is 14.5. The maximum absolute atomic E-state index is 12.7. The van der Waals surface area contributed by atoms with Crippen LogP contribution in [0.3, 0.4) is 0 Å². The summed E-state index contributed by atoms with van der Waals surface area (Å²) in [6, 6.07) is 0. The smallest absolute Gasteiger partial charge is 0.309 e. The Kier molecular flexibility index (Phi) is 16.1. The molecule has 1 unspecified atom stereocenters. The van der Waals surface area contributed by atoms with Crippen molar-refractivity contribution < 1.29 is 13.6 Å². The summed E-state index contributed by atoms with van der Waals surface area (Å²) in [4.78, 5) is 0. The molecule has 0 N–H and O–H groups in total. The quantitative estimate of drug-likeness (QED) is 0.213. The lowest BCUT2D eigenvalue weighted by atomic mass is 10.1. The fourth-order valence-electron chi connectivity index (χ4n) is 2.34. The summed E-state index contributed by atoms with van der Waals surface area (Å²) < 4.78 is 24.0. The molecule has 0 amide bonds. The van der Waals surface area contributed by atoms with E-state index in [0.29, 0.717) is 19.4 Å². The molecule has 0 aliphatic rings. The van der Waals surface area contributed by atoms with Gasteiger partial charge in [-0.3, -0.25) is 4.57 Å². The molecule has 4 heteroatoms. The Morgan fingerprint density at radius 2 is 1.00 bits per heavy atom. The predicted molar refractivity (Wildman–Crippen MR) is 96.8 cm³/mol. The molecule has 0 aromatic heterocycles. The van der Waals surface area contributed by atoms with Crippen LogP contribution in [-0.2, 0) is 13.6 Å². The van der Waals surface area contributed by atoms with E-state index in [1.807, 2.05) is 0 Å². The van der Waals surface area contributed by atoms with Gasteiger partial charge in [-0.05, 0) is 19.3 Å². The molecule has 0 heterocycles. The SMILES string of the molecule is CCCCCCCCCOP(=O)(CCCC)OCCCCC. The molecule has 0 fully saturated rings. The summed E-state index contributed by atoms with van der Waals surface area (Å²) in [5, 5.41) is 0. The number of unbranched alkanes of at least 4 members (excludes halogenated alkanes) is 9. The second kappa shape index (κ2) is 16.0. The minimum atomic E-state index is -2.84. The first-order chi connectivity index (χ1) is 10.7. The molecular formula is C18H39O3P. The molecule has 0 saturated heterocycles. The number of hydrogen-bond donors (Lipinski definition) is 0. The fraction of sp³-hybridized carbons (Fsp3) is 1.00. The van der Waals surface area contributed by atoms with Crippen molar-refractivity contribution in [1.29, 1.82) is 0 Å². The molecule has 0 aromatic carbocycles. The molecule has 134 valence electrons. The van der Waals surface area contributed by atoms with Crippen molar-refractivity contribution in [3.8, 4) is 0 Å². The van der Waals surface area contributed by atoms with Crippen LogP contribution in [0.2, 0.25) is 0 Å². The van der Waals surface area contributed by atoms with E-state index >= 15 is 0 Å². The van der Waals surface area contributed by atoms with Gasteiger partial charge in [-0.2, -0.15) is 0 Å². The van der Waals surface area contributed by atoms with Crippen molar-refractivity contribution in [2.45, 2.75) is 97.8 Å². The van der Waals surface area contributed by atoms with Crippen LogP contribution in [0.4, 0.5) is 0 Å². The lowest BCUT2D eigenvalue weighted by Gasteiger charge is -2.18. The summed E-state index contributed by atoms with van der Waals surface area (Å²) in [6.45, 7) is 7.67. The van der Waals surface area contributed by atoms with Crippen LogP contribution in [0.15, 0.2) is 0 Å². The van der Waals surface area contributed by atoms with Crippen LogP contribution in [0, 0.1) is 0 Å². The molecule has 22 heavy (non-hydrogen) atoms. The van der Waals surface area contributed by atoms with Gasteiger partial charge in [0.05, 0.1) is 19.4 Å². The van der Waals surface area contributed by atoms with Gasteiger partial charge in [0.2, 0.25) is 0 Å². The maximum atomic E-state index is 12.7. The van der Waals surface area contributed by atoms with Gasteiger partial charge in [-0.15, -0.1) is 0 Å². The lowest BCUT2D eigenvalue weighted by Crippen LogP contribution is -2.03. The van der Waals surface area contributed by atoms with Crippen LogP contribution in [-0.4, -0.2) is 19.4 Å². The average Bonchev–Trinajstić information content (AvgIpc) is 2.52. The molecule has 0 rings (SSSR count). The first kappa shape index (κ1) is 22.1. The van der Waals surface area contributed by atoms with E-state index in [1.54, 1.807) is 0 Å². The molecule has 0 saturated carbocycles. The molecule has 0 radical (unpaired) electrons. The lowest BCUT2D eigenvalue weighted by molar-refractivity contribution is 0.197. The van der Waals surface area contributed by atoms with Crippen molar-refractivity contribution in [1.82, 2.24) is 0 Å². The zero-order valence-electron chi connectivity index (χ0n) is 15.3. The molecule has 0 aromatic rings. The highest BCUT2D eigenvalue weighted by Gasteiger charge is 2.23. The zero-order chi connectivity index (χ0) is 16.5. The van der Waals surface area contributed by atoms with Gasteiger partial charge in [-0.25, -0.2) is 0 Å². The highest BCUT2D eigenvalue weighted by molar-refractivity contribution is 7.53. The minimum absolute atomic E-state index is 0.575. The highest BCUT2D eigenvalue weighted by Crippen LogP contribution is 2.49. The first-order valence-electron chi connectivity index (χ1n) is 9.56. The van der Waals surface area contributed by atoms with Crippen LogP contribution >= 0.6 is 7.60 Å². The zero-order valence-corrected chi connectivity index (χ0v) is 16.2. The van der Waals surface area contributed by atoms with Crippen molar-refractivity contribution >= 4 is 7.60 Å². The summed E-state index contributed by atoms with van der Waals surface area (Å²) in [7, 11) is -2.84. The largest absolute Gasteiger partial charge is 0.330 e. The standard InChI is InChI=1S/C18H39O3P/c1-4-7-10-11-12-13-15-17-21-22(19,18-9-6-3)20-16-14-8-5-2/h4-18H2,1-3H3. The average molecular weight is 334 g/mol. The molecule has 3 nitrogen and oxygen atoms in total. The third-order valence-electron chi connectivity index (χ3n) is 3.86. The highest BCUT2D eigenvalue weighted by atomic mass is 31.2. The monoisotopic (exact) mass is 334 g/mol. The minimum Gasteiger partial charge on any atom is -0.309 e. The van der Waals surface area contributed by atoms with Gasteiger partial charge in [0, 0.05) is 0 Å². The molecular weight excluding hydrogens is 295 g/mol. The third-order valence-corrected chi connectivity index (χ3v) is 5.87. The normalized spacial score (nSPS) is 14.1. The van der Waals surface area contributed by atoms with E-state index in [9.17, 15) is 4.57 Å². The fourth-order valence-corrected chi connectivity index (χ4v) is 4.19. The van der Waals surface area contributed by atoms with Gasteiger partial charge in [0.15, 0.2) is 0 Å². The first-order valence-corrected chi connectivity index (χ1v) is 11.3. The molecule has 1 atom stereocenters. The van der Waals surface area contributed by atoms with E-state index in [1.165, 1.54) is 38.5 Å². The number of rotatable bonds is 17. The predicted octanol–water partition coefficient (Wildman–Crippen LogP) is 6.95. The molecule has 0 aliphatic carbocycles. The van der Waals surface area contributed by atoms with E-state index in [2.05, 4.69) is 20.8 Å². The van der Waals surface area contributed by atoms with Crippen molar-refractivity contribution in [2.24, 2.45) is 0 Å². The van der Waals surface area contributed by atoms with Gasteiger partial charge >= 0.3 is 7.60 Å². The second-order valence-electron chi connectivity index (χ2n) is 6.18. The Balaban J connectivity index is 3.80. The van der Waals surface area contributed by atoms with Crippen LogP contribution < -0.4 is 0 Å². The van der Waals surface area contributed by atoms with E-state index < -0.39 is 7.60 Å². The Morgan fingerprint density at radius 1 is 0.591 bits per heavy atom. The van der Waals surface area contributed by atoms with Crippen molar-refractivity contribution in [3.63, 3.8) is 0 Å². The molecule has 0 bridgehead atoms. The van der Waals surface area contributed by atoms with Crippen LogP contribution in [0.5, 0.6) is 0 Å².